The fraction of sp³-hybridized carbons (Fsp3) is 0.222. The number of carbonyl (C=O) groups is 2. The number of amides is 2. The molecule has 0 fully saturated rings. The maximum atomic E-state index is 13.9. The van der Waals surface area contributed by atoms with E-state index in [1.54, 1.807) is 51.4 Å². The first-order chi connectivity index (χ1) is 17.1. The summed E-state index contributed by atoms with van der Waals surface area (Å²) in [7, 11) is 1.62. The monoisotopic (exact) mass is 490 g/mol. The Kier molecular flexibility index (Phi) is 6.65. The van der Waals surface area contributed by atoms with Crippen molar-refractivity contribution in [1.82, 2.24) is 14.9 Å². The molecule has 0 aliphatic rings. The normalized spacial score (nSPS) is 10.9. The minimum absolute atomic E-state index is 0.245. The molecular formula is C27H27FN4O4. The minimum Gasteiger partial charge on any atom is -0.456 e. The van der Waals surface area contributed by atoms with E-state index in [9.17, 15) is 18.8 Å². The quantitative estimate of drug-likeness (QED) is 0.361. The van der Waals surface area contributed by atoms with E-state index in [1.165, 1.54) is 23.6 Å². The maximum Gasteiger partial charge on any atom is 0.274 e. The highest BCUT2D eigenvalue weighted by Crippen LogP contribution is 2.40. The highest BCUT2D eigenvalue weighted by Gasteiger charge is 2.20. The number of H-pyrrole nitrogens is 1. The molecule has 0 saturated carbocycles. The Balaban J connectivity index is 1.97. The van der Waals surface area contributed by atoms with Crippen LogP contribution in [0.25, 0.3) is 22.0 Å². The number of rotatable bonds is 6. The molecule has 0 spiro atoms. The maximum absolute atomic E-state index is 13.9. The molecule has 0 saturated heterocycles. The van der Waals surface area contributed by atoms with Crippen LogP contribution in [0.3, 0.4) is 0 Å². The lowest BCUT2D eigenvalue weighted by molar-refractivity contribution is -0.114. The molecule has 4 aromatic rings. The fourth-order valence-corrected chi connectivity index (χ4v) is 4.21. The van der Waals surface area contributed by atoms with Gasteiger partial charge >= 0.3 is 0 Å². The van der Waals surface area contributed by atoms with E-state index in [2.05, 4.69) is 15.6 Å². The molecule has 0 atom stereocenters. The van der Waals surface area contributed by atoms with Gasteiger partial charge < -0.3 is 24.9 Å². The average Bonchev–Trinajstić information content (AvgIpc) is 3.25. The van der Waals surface area contributed by atoms with Gasteiger partial charge in [-0.3, -0.25) is 14.4 Å². The molecule has 0 bridgehead atoms. The highest BCUT2D eigenvalue weighted by atomic mass is 19.1. The fourth-order valence-electron chi connectivity index (χ4n) is 4.21. The second kappa shape index (κ2) is 9.69. The van der Waals surface area contributed by atoms with E-state index in [-0.39, 0.29) is 34.4 Å². The van der Waals surface area contributed by atoms with E-state index in [0.29, 0.717) is 51.4 Å². The molecule has 2 amide bonds. The zero-order chi connectivity index (χ0) is 26.1. The topological polar surface area (TPSA) is 105 Å². The van der Waals surface area contributed by atoms with Gasteiger partial charge in [-0.05, 0) is 68.3 Å². The van der Waals surface area contributed by atoms with Crippen LogP contribution in [-0.2, 0) is 11.8 Å². The Labute approximate surface area is 207 Å². The van der Waals surface area contributed by atoms with Crippen molar-refractivity contribution < 1.29 is 18.7 Å². The predicted molar refractivity (Wildman–Crippen MR) is 137 cm³/mol. The number of hydrogen-bond donors (Lipinski definition) is 3. The third-order valence-corrected chi connectivity index (χ3v) is 5.77. The van der Waals surface area contributed by atoms with Crippen LogP contribution in [0.5, 0.6) is 11.5 Å². The second-order valence-corrected chi connectivity index (χ2v) is 8.65. The average molecular weight is 491 g/mol. The molecule has 9 heteroatoms. The number of ether oxygens (including phenoxy) is 1. The molecule has 0 aliphatic heterocycles. The summed E-state index contributed by atoms with van der Waals surface area (Å²) in [6.45, 7) is 7.16. The van der Waals surface area contributed by atoms with Gasteiger partial charge in [-0.15, -0.1) is 0 Å². The summed E-state index contributed by atoms with van der Waals surface area (Å²) in [6, 6.07) is 9.55. The summed E-state index contributed by atoms with van der Waals surface area (Å²) in [5, 5.41) is 6.02. The third-order valence-electron chi connectivity index (χ3n) is 5.77. The predicted octanol–water partition coefficient (Wildman–Crippen LogP) is 4.79. The number of pyridine rings is 1. The largest absolute Gasteiger partial charge is 0.456 e. The number of carbonyl (C=O) groups excluding carboxylic acids is 2. The highest BCUT2D eigenvalue weighted by molar-refractivity contribution is 6.03. The smallest absolute Gasteiger partial charge is 0.274 e. The Bertz CT molecular complexity index is 1550. The van der Waals surface area contributed by atoms with E-state index < -0.39 is 0 Å². The van der Waals surface area contributed by atoms with Crippen LogP contribution in [-0.4, -0.2) is 27.9 Å². The van der Waals surface area contributed by atoms with Gasteiger partial charge in [0.05, 0.1) is 0 Å². The van der Waals surface area contributed by atoms with Crippen molar-refractivity contribution in [2.75, 3.05) is 11.9 Å². The van der Waals surface area contributed by atoms with Crippen LogP contribution in [0.1, 0.15) is 35.5 Å². The van der Waals surface area contributed by atoms with Crippen molar-refractivity contribution in [2.24, 2.45) is 7.05 Å². The molecule has 4 rings (SSSR count). The molecular weight excluding hydrogens is 463 g/mol. The van der Waals surface area contributed by atoms with Crippen molar-refractivity contribution in [3.05, 3.63) is 75.6 Å². The number of hydrogen-bond acceptors (Lipinski definition) is 4. The first-order valence-electron chi connectivity index (χ1n) is 11.5. The van der Waals surface area contributed by atoms with Crippen molar-refractivity contribution >= 4 is 28.4 Å². The van der Waals surface area contributed by atoms with Crippen LogP contribution < -0.4 is 20.9 Å². The molecule has 2 heterocycles. The number of aryl methyl sites for hydroxylation is 3. The van der Waals surface area contributed by atoms with Crippen molar-refractivity contribution in [3.63, 3.8) is 0 Å². The number of nitrogens with zero attached hydrogens (tertiary/aromatic N) is 1. The SMILES string of the molecule is CCNC(=O)c1cc2c(-c3cc(NC(C)=O)ccc3Oc3c(C)cc(F)cc3C)cn(C)c(=O)c2[nH]1. The van der Waals surface area contributed by atoms with Gasteiger partial charge in [0, 0.05) is 48.9 Å². The molecule has 2 aromatic carbocycles. The number of fused-ring (bicyclic) bond motifs is 1. The van der Waals surface area contributed by atoms with Gasteiger partial charge in [0.15, 0.2) is 0 Å². The van der Waals surface area contributed by atoms with Crippen LogP contribution in [0, 0.1) is 19.7 Å². The molecule has 0 unspecified atom stereocenters. The lowest BCUT2D eigenvalue weighted by Gasteiger charge is -2.17. The number of aromatic nitrogens is 2. The Morgan fingerprint density at radius 1 is 1.08 bits per heavy atom. The third kappa shape index (κ3) is 4.72. The lowest BCUT2D eigenvalue weighted by Crippen LogP contribution is -2.23. The summed E-state index contributed by atoms with van der Waals surface area (Å²) in [6.07, 6.45) is 1.66. The van der Waals surface area contributed by atoms with Crippen LogP contribution in [0.4, 0.5) is 10.1 Å². The van der Waals surface area contributed by atoms with E-state index in [0.717, 1.165) is 0 Å². The zero-order valence-electron chi connectivity index (χ0n) is 20.7. The molecule has 2 aromatic heterocycles. The van der Waals surface area contributed by atoms with Crippen molar-refractivity contribution in [1.29, 1.82) is 0 Å². The lowest BCUT2D eigenvalue weighted by atomic mass is 10.0. The summed E-state index contributed by atoms with van der Waals surface area (Å²) >= 11 is 0. The zero-order valence-corrected chi connectivity index (χ0v) is 20.7. The molecule has 0 aliphatic carbocycles. The van der Waals surface area contributed by atoms with E-state index in [1.807, 2.05) is 6.92 Å². The molecule has 186 valence electrons. The van der Waals surface area contributed by atoms with Crippen LogP contribution >= 0.6 is 0 Å². The number of anilines is 1. The summed E-state index contributed by atoms with van der Waals surface area (Å²) in [5.74, 6) is 0.00241. The van der Waals surface area contributed by atoms with Gasteiger partial charge in [0.25, 0.3) is 11.5 Å². The summed E-state index contributed by atoms with van der Waals surface area (Å²) in [5.41, 5.74) is 3.17. The Morgan fingerprint density at radius 3 is 2.42 bits per heavy atom. The standard InChI is InChI=1S/C27H27FN4O4/c1-6-29-26(34)22-12-20-21(13-32(5)27(35)24(20)31-22)19-11-18(30-16(4)33)7-8-23(19)36-25-14(2)9-17(28)10-15(25)3/h7-13,31H,6H2,1-5H3,(H,29,34)(H,30,33). The first kappa shape index (κ1) is 24.7. The number of halogens is 1. The van der Waals surface area contributed by atoms with E-state index in [4.69, 9.17) is 4.74 Å². The van der Waals surface area contributed by atoms with Gasteiger partial charge in [0.2, 0.25) is 5.91 Å². The number of benzene rings is 2. The molecule has 0 radical (unpaired) electrons. The second-order valence-electron chi connectivity index (χ2n) is 8.65. The molecule has 36 heavy (non-hydrogen) atoms. The number of nitrogens with one attached hydrogen (secondary N) is 3. The number of aromatic amines is 1. The summed E-state index contributed by atoms with van der Waals surface area (Å²) < 4.78 is 21.6. The van der Waals surface area contributed by atoms with Crippen LogP contribution in [0.2, 0.25) is 0 Å². The Morgan fingerprint density at radius 2 is 1.78 bits per heavy atom. The van der Waals surface area contributed by atoms with Crippen molar-refractivity contribution in [3.8, 4) is 22.6 Å². The Hall–Kier alpha value is -4.40. The molecule has 8 nitrogen and oxygen atoms in total. The first-order valence-corrected chi connectivity index (χ1v) is 11.5. The van der Waals surface area contributed by atoms with E-state index >= 15 is 0 Å². The summed E-state index contributed by atoms with van der Waals surface area (Å²) in [4.78, 5) is 40.1. The van der Waals surface area contributed by atoms with Gasteiger partial charge in [-0.25, -0.2) is 4.39 Å². The minimum atomic E-state index is -0.358. The van der Waals surface area contributed by atoms with Gasteiger partial charge in [0.1, 0.15) is 28.5 Å². The molecule has 3 N–H and O–H groups in total. The van der Waals surface area contributed by atoms with Gasteiger partial charge in [-0.1, -0.05) is 0 Å². The van der Waals surface area contributed by atoms with Gasteiger partial charge in [-0.2, -0.15) is 0 Å². The van der Waals surface area contributed by atoms with Crippen molar-refractivity contribution in [2.45, 2.75) is 27.7 Å². The van der Waals surface area contributed by atoms with Crippen LogP contribution in [0.15, 0.2) is 47.4 Å².